The van der Waals surface area contributed by atoms with Crippen molar-refractivity contribution >= 4 is 21.9 Å². The van der Waals surface area contributed by atoms with Crippen LogP contribution in [0.15, 0.2) is 22.7 Å². The predicted octanol–water partition coefficient (Wildman–Crippen LogP) is 1.38. The Kier molecular flexibility index (Phi) is 5.58. The second kappa shape index (κ2) is 6.72. The number of carbonyl (C=O) groups is 1. The molecular weight excluding hydrogens is 302 g/mol. The maximum absolute atomic E-state index is 11.4. The highest BCUT2D eigenvalue weighted by atomic mass is 79.9. The van der Waals surface area contributed by atoms with E-state index in [0.717, 1.165) is 0 Å². The molecule has 0 aliphatic rings. The van der Waals surface area contributed by atoms with Crippen LogP contribution < -0.4 is 10.5 Å². The number of benzene rings is 1. The maximum Gasteiger partial charge on any atom is 0.325 e. The smallest absolute Gasteiger partial charge is 0.325 e. The minimum Gasteiger partial charge on any atom is -0.496 e. The number of esters is 1. The van der Waals surface area contributed by atoms with Gasteiger partial charge in [-0.25, -0.2) is 0 Å². The van der Waals surface area contributed by atoms with Crippen LogP contribution in [0.4, 0.5) is 0 Å². The molecule has 0 aromatic heterocycles. The standard InChI is InChI=1S/C12H16BrNO4/c1-3-18-12(16)10(14)11(15)7-4-5-9(17-2)8(13)6-7/h4-6,10-11,15H,3,14H2,1-2H3. The molecule has 6 heteroatoms. The molecule has 18 heavy (non-hydrogen) atoms. The molecule has 3 N–H and O–H groups in total. The molecule has 0 saturated heterocycles. The van der Waals surface area contributed by atoms with Crippen LogP contribution in [0.2, 0.25) is 0 Å². The summed E-state index contributed by atoms with van der Waals surface area (Å²) in [4.78, 5) is 11.4. The van der Waals surface area contributed by atoms with Crippen LogP contribution in [0.3, 0.4) is 0 Å². The van der Waals surface area contributed by atoms with Crippen molar-refractivity contribution in [2.24, 2.45) is 5.73 Å². The monoisotopic (exact) mass is 317 g/mol. The van der Waals surface area contributed by atoms with E-state index in [1.807, 2.05) is 0 Å². The second-order valence-corrected chi connectivity index (χ2v) is 4.47. The van der Waals surface area contributed by atoms with Crippen molar-refractivity contribution < 1.29 is 19.4 Å². The third-order valence-electron chi connectivity index (χ3n) is 2.42. The zero-order valence-corrected chi connectivity index (χ0v) is 11.8. The average molecular weight is 318 g/mol. The molecule has 0 bridgehead atoms. The molecule has 1 aromatic rings. The summed E-state index contributed by atoms with van der Waals surface area (Å²) in [7, 11) is 1.54. The first-order valence-corrected chi connectivity index (χ1v) is 6.24. The van der Waals surface area contributed by atoms with Gasteiger partial charge in [0, 0.05) is 0 Å². The molecule has 0 amide bonds. The number of halogens is 1. The molecule has 0 aliphatic heterocycles. The van der Waals surface area contributed by atoms with Crippen molar-refractivity contribution in [2.75, 3.05) is 13.7 Å². The third-order valence-corrected chi connectivity index (χ3v) is 3.04. The third kappa shape index (κ3) is 3.44. The van der Waals surface area contributed by atoms with Gasteiger partial charge in [0.2, 0.25) is 0 Å². The topological polar surface area (TPSA) is 81.8 Å². The summed E-state index contributed by atoms with van der Waals surface area (Å²) in [6.07, 6.45) is -1.12. The highest BCUT2D eigenvalue weighted by molar-refractivity contribution is 9.10. The van der Waals surface area contributed by atoms with E-state index in [2.05, 4.69) is 15.9 Å². The zero-order chi connectivity index (χ0) is 13.7. The lowest BCUT2D eigenvalue weighted by Crippen LogP contribution is -2.38. The van der Waals surface area contributed by atoms with Gasteiger partial charge in [0.15, 0.2) is 0 Å². The van der Waals surface area contributed by atoms with Gasteiger partial charge < -0.3 is 20.3 Å². The summed E-state index contributed by atoms with van der Waals surface area (Å²) >= 11 is 3.30. The molecule has 100 valence electrons. The minimum atomic E-state index is -1.12. The molecule has 0 fully saturated rings. The van der Waals surface area contributed by atoms with Gasteiger partial charge in [0.05, 0.1) is 18.2 Å². The van der Waals surface area contributed by atoms with Crippen molar-refractivity contribution in [3.05, 3.63) is 28.2 Å². The van der Waals surface area contributed by atoms with Crippen LogP contribution in [-0.2, 0) is 9.53 Å². The lowest BCUT2D eigenvalue weighted by atomic mass is 10.0. The first-order valence-electron chi connectivity index (χ1n) is 5.45. The van der Waals surface area contributed by atoms with E-state index in [1.54, 1.807) is 32.2 Å². The molecule has 1 aromatic carbocycles. The van der Waals surface area contributed by atoms with E-state index >= 15 is 0 Å². The molecule has 0 saturated carbocycles. The molecule has 2 atom stereocenters. The Labute approximate surface area is 114 Å². The molecule has 0 radical (unpaired) electrons. The van der Waals surface area contributed by atoms with Crippen molar-refractivity contribution in [1.82, 2.24) is 0 Å². The number of hydrogen-bond donors (Lipinski definition) is 2. The maximum atomic E-state index is 11.4. The van der Waals surface area contributed by atoms with Crippen LogP contribution in [0.25, 0.3) is 0 Å². The number of hydrogen-bond acceptors (Lipinski definition) is 5. The Bertz CT molecular complexity index is 425. The molecule has 1 rings (SSSR count). The first-order chi connectivity index (χ1) is 8.51. The second-order valence-electron chi connectivity index (χ2n) is 3.62. The van der Waals surface area contributed by atoms with Gasteiger partial charge in [-0.3, -0.25) is 4.79 Å². The van der Waals surface area contributed by atoms with Crippen LogP contribution in [0.1, 0.15) is 18.6 Å². The van der Waals surface area contributed by atoms with E-state index in [-0.39, 0.29) is 6.61 Å². The fourth-order valence-electron chi connectivity index (χ4n) is 1.44. The normalized spacial score (nSPS) is 13.8. The van der Waals surface area contributed by atoms with E-state index in [9.17, 15) is 9.90 Å². The van der Waals surface area contributed by atoms with Crippen LogP contribution in [-0.4, -0.2) is 30.8 Å². The summed E-state index contributed by atoms with van der Waals surface area (Å²) in [5.41, 5.74) is 6.15. The summed E-state index contributed by atoms with van der Waals surface area (Å²) in [6, 6.07) is 3.88. The fourth-order valence-corrected chi connectivity index (χ4v) is 2.00. The van der Waals surface area contributed by atoms with E-state index < -0.39 is 18.1 Å². The Morgan fingerprint density at radius 3 is 2.72 bits per heavy atom. The lowest BCUT2D eigenvalue weighted by molar-refractivity contribution is -0.147. The van der Waals surface area contributed by atoms with Crippen LogP contribution in [0, 0.1) is 0 Å². The predicted molar refractivity (Wildman–Crippen MR) is 70.3 cm³/mol. The Morgan fingerprint density at radius 2 is 2.22 bits per heavy atom. The number of nitrogens with two attached hydrogens (primary N) is 1. The highest BCUT2D eigenvalue weighted by Crippen LogP contribution is 2.28. The first kappa shape index (κ1) is 14.9. The minimum absolute atomic E-state index is 0.228. The van der Waals surface area contributed by atoms with Crippen LogP contribution in [0.5, 0.6) is 5.75 Å². The van der Waals surface area contributed by atoms with Crippen molar-refractivity contribution in [3.8, 4) is 5.75 Å². The van der Waals surface area contributed by atoms with Gasteiger partial charge in [-0.2, -0.15) is 0 Å². The number of carbonyl (C=O) groups excluding carboxylic acids is 1. The molecule has 0 aliphatic carbocycles. The highest BCUT2D eigenvalue weighted by Gasteiger charge is 2.25. The zero-order valence-electron chi connectivity index (χ0n) is 10.2. The number of aliphatic hydroxyl groups excluding tert-OH is 1. The van der Waals surface area contributed by atoms with E-state index in [4.69, 9.17) is 15.2 Å². The number of rotatable bonds is 5. The molecule has 2 unspecified atom stereocenters. The Balaban J connectivity index is 2.86. The quantitative estimate of drug-likeness (QED) is 0.802. The Morgan fingerprint density at radius 1 is 1.56 bits per heavy atom. The van der Waals surface area contributed by atoms with Crippen molar-refractivity contribution in [3.63, 3.8) is 0 Å². The average Bonchev–Trinajstić information content (AvgIpc) is 2.37. The molecule has 5 nitrogen and oxygen atoms in total. The van der Waals surface area contributed by atoms with Gasteiger partial charge in [-0.1, -0.05) is 6.07 Å². The number of ether oxygens (including phenoxy) is 2. The van der Waals surface area contributed by atoms with Gasteiger partial charge in [-0.05, 0) is 40.5 Å². The summed E-state index contributed by atoms with van der Waals surface area (Å²) in [5.74, 6) is 0.00703. The fraction of sp³-hybridized carbons (Fsp3) is 0.417. The van der Waals surface area contributed by atoms with E-state index in [0.29, 0.717) is 15.8 Å². The Hall–Kier alpha value is -1.11. The van der Waals surface area contributed by atoms with Gasteiger partial charge >= 0.3 is 5.97 Å². The van der Waals surface area contributed by atoms with Gasteiger partial charge in [-0.15, -0.1) is 0 Å². The van der Waals surface area contributed by atoms with Crippen LogP contribution >= 0.6 is 15.9 Å². The SMILES string of the molecule is CCOC(=O)C(N)C(O)c1ccc(OC)c(Br)c1. The number of methoxy groups -OCH3 is 1. The summed E-state index contributed by atoms with van der Waals surface area (Å²) in [5, 5.41) is 9.99. The van der Waals surface area contributed by atoms with Gasteiger partial charge in [0.1, 0.15) is 17.9 Å². The van der Waals surface area contributed by atoms with Crippen molar-refractivity contribution in [2.45, 2.75) is 19.1 Å². The summed E-state index contributed by atoms with van der Waals surface area (Å²) in [6.45, 7) is 1.91. The molecular formula is C12H16BrNO4. The number of aliphatic hydroxyl groups is 1. The summed E-state index contributed by atoms with van der Waals surface area (Å²) < 4.78 is 10.5. The molecule has 0 heterocycles. The molecule has 0 spiro atoms. The van der Waals surface area contributed by atoms with Gasteiger partial charge in [0.25, 0.3) is 0 Å². The largest absolute Gasteiger partial charge is 0.496 e. The lowest BCUT2D eigenvalue weighted by Gasteiger charge is -2.18. The van der Waals surface area contributed by atoms with E-state index in [1.165, 1.54) is 0 Å². The van der Waals surface area contributed by atoms with Crippen molar-refractivity contribution in [1.29, 1.82) is 0 Å².